The Morgan fingerprint density at radius 3 is 2.28 bits per heavy atom. The third kappa shape index (κ3) is 5.46. The van der Waals surface area contributed by atoms with E-state index in [-0.39, 0.29) is 29.4 Å². The minimum Gasteiger partial charge on any atom is -0.348 e. The number of sulfonamides is 1. The molecule has 6 heteroatoms. The highest BCUT2D eigenvalue weighted by atomic mass is 32.2. The van der Waals surface area contributed by atoms with E-state index in [2.05, 4.69) is 5.32 Å². The Hall–Kier alpha value is -2.18. The topological polar surface area (TPSA) is 66.5 Å². The molecule has 0 spiro atoms. The molecule has 0 unspecified atom stereocenters. The van der Waals surface area contributed by atoms with Crippen molar-refractivity contribution in [3.8, 4) is 0 Å². The number of amides is 1. The van der Waals surface area contributed by atoms with Gasteiger partial charge < -0.3 is 5.32 Å². The van der Waals surface area contributed by atoms with E-state index >= 15 is 0 Å². The molecule has 0 aliphatic heterocycles. The zero-order chi connectivity index (χ0) is 20.9. The van der Waals surface area contributed by atoms with Crippen LogP contribution in [0.1, 0.15) is 56.2 Å². The van der Waals surface area contributed by atoms with Crippen molar-refractivity contribution in [2.75, 3.05) is 6.54 Å². The monoisotopic (exact) mass is 414 g/mol. The zero-order valence-electron chi connectivity index (χ0n) is 17.2. The molecule has 29 heavy (non-hydrogen) atoms. The Morgan fingerprint density at radius 2 is 1.66 bits per heavy atom. The lowest BCUT2D eigenvalue weighted by Crippen LogP contribution is -2.47. The van der Waals surface area contributed by atoms with E-state index < -0.39 is 10.0 Å². The fourth-order valence-electron chi connectivity index (χ4n) is 3.88. The quantitative estimate of drug-likeness (QED) is 0.738. The van der Waals surface area contributed by atoms with Crippen LogP contribution < -0.4 is 5.32 Å². The molecular weight excluding hydrogens is 384 g/mol. The van der Waals surface area contributed by atoms with Crippen LogP contribution in [0.3, 0.4) is 0 Å². The van der Waals surface area contributed by atoms with Crippen molar-refractivity contribution in [2.45, 2.75) is 62.9 Å². The fraction of sp³-hybridized carbons (Fsp3) is 0.435. The van der Waals surface area contributed by atoms with Crippen molar-refractivity contribution in [3.63, 3.8) is 0 Å². The molecular formula is C23H30N2O3S. The molecule has 1 aliphatic carbocycles. The van der Waals surface area contributed by atoms with Crippen molar-refractivity contribution in [2.24, 2.45) is 0 Å². The van der Waals surface area contributed by atoms with Crippen molar-refractivity contribution < 1.29 is 13.2 Å². The number of carbonyl (C=O) groups is 1. The minimum absolute atomic E-state index is 0.132. The number of nitrogens with zero attached hydrogens (tertiary/aromatic N) is 1. The van der Waals surface area contributed by atoms with Gasteiger partial charge in [0.25, 0.3) is 0 Å². The highest BCUT2D eigenvalue weighted by Gasteiger charge is 2.34. The number of aryl methyl sites for hydroxylation is 1. The van der Waals surface area contributed by atoms with Gasteiger partial charge in [0.15, 0.2) is 0 Å². The summed E-state index contributed by atoms with van der Waals surface area (Å²) in [5.74, 6) is -0.275. The lowest BCUT2D eigenvalue weighted by Gasteiger charge is -2.33. The van der Waals surface area contributed by atoms with Gasteiger partial charge in [0.05, 0.1) is 17.5 Å². The van der Waals surface area contributed by atoms with Gasteiger partial charge in [0.2, 0.25) is 15.9 Å². The highest BCUT2D eigenvalue weighted by Crippen LogP contribution is 2.28. The molecule has 156 valence electrons. The second-order valence-electron chi connectivity index (χ2n) is 7.86. The Bertz CT molecular complexity index is 905. The van der Waals surface area contributed by atoms with Crippen LogP contribution in [0.25, 0.3) is 0 Å². The second-order valence-corrected chi connectivity index (χ2v) is 9.75. The summed E-state index contributed by atoms with van der Waals surface area (Å²) in [5, 5.41) is 2.95. The van der Waals surface area contributed by atoms with Crippen LogP contribution in [-0.2, 0) is 14.8 Å². The lowest BCUT2D eigenvalue weighted by atomic mass is 9.95. The second kappa shape index (κ2) is 9.55. The van der Waals surface area contributed by atoms with Gasteiger partial charge in [-0.2, -0.15) is 4.31 Å². The van der Waals surface area contributed by atoms with E-state index in [9.17, 15) is 13.2 Å². The SMILES string of the molecule is Cc1ccc(S(=O)(=O)N(CC(=O)N[C@H](C)c2ccccc2)C2CCCCC2)cc1. The van der Waals surface area contributed by atoms with Crippen LogP contribution in [0.2, 0.25) is 0 Å². The average molecular weight is 415 g/mol. The van der Waals surface area contributed by atoms with Gasteiger partial charge in [-0.15, -0.1) is 0 Å². The summed E-state index contributed by atoms with van der Waals surface area (Å²) in [4.78, 5) is 13.0. The van der Waals surface area contributed by atoms with Crippen molar-refractivity contribution in [3.05, 3.63) is 65.7 Å². The Kier molecular flexibility index (Phi) is 7.09. The molecule has 1 N–H and O–H groups in total. The predicted octanol–water partition coefficient (Wildman–Crippen LogP) is 4.20. The van der Waals surface area contributed by atoms with Crippen molar-refractivity contribution in [1.29, 1.82) is 0 Å². The summed E-state index contributed by atoms with van der Waals surface area (Å²) in [6.07, 6.45) is 4.70. The summed E-state index contributed by atoms with van der Waals surface area (Å²) in [6.45, 7) is 3.68. The molecule has 1 atom stereocenters. The summed E-state index contributed by atoms with van der Waals surface area (Å²) in [7, 11) is -3.74. The summed E-state index contributed by atoms with van der Waals surface area (Å²) in [5.41, 5.74) is 1.99. The molecule has 1 amide bonds. The molecule has 2 aromatic rings. The van der Waals surface area contributed by atoms with Crippen LogP contribution in [-0.4, -0.2) is 31.2 Å². The normalized spacial score (nSPS) is 16.5. The fourth-order valence-corrected chi connectivity index (χ4v) is 5.52. The van der Waals surface area contributed by atoms with Crippen molar-refractivity contribution in [1.82, 2.24) is 9.62 Å². The largest absolute Gasteiger partial charge is 0.348 e. The number of hydrogen-bond acceptors (Lipinski definition) is 3. The molecule has 1 saturated carbocycles. The van der Waals surface area contributed by atoms with Gasteiger partial charge in [0, 0.05) is 6.04 Å². The maximum absolute atomic E-state index is 13.4. The third-order valence-electron chi connectivity index (χ3n) is 5.59. The van der Waals surface area contributed by atoms with E-state index in [4.69, 9.17) is 0 Å². The molecule has 5 nitrogen and oxygen atoms in total. The predicted molar refractivity (Wildman–Crippen MR) is 115 cm³/mol. The van der Waals surface area contributed by atoms with Gasteiger partial charge in [-0.1, -0.05) is 67.3 Å². The number of carbonyl (C=O) groups excluding carboxylic acids is 1. The standard InChI is InChI=1S/C23H30N2O3S/c1-18-13-15-22(16-14-18)29(27,28)25(21-11-7-4-8-12-21)17-23(26)24-19(2)20-9-5-3-6-10-20/h3,5-6,9-10,13-16,19,21H,4,7-8,11-12,17H2,1-2H3,(H,24,26)/t19-/m1/s1. The van der Waals surface area contributed by atoms with E-state index in [0.717, 1.165) is 43.2 Å². The van der Waals surface area contributed by atoms with E-state index in [0.29, 0.717) is 0 Å². The van der Waals surface area contributed by atoms with E-state index in [1.807, 2.05) is 44.2 Å². The number of nitrogens with one attached hydrogen (secondary N) is 1. The Balaban J connectivity index is 1.80. The van der Waals surface area contributed by atoms with E-state index in [1.54, 1.807) is 24.3 Å². The molecule has 0 bridgehead atoms. The zero-order valence-corrected chi connectivity index (χ0v) is 18.0. The molecule has 1 fully saturated rings. The summed E-state index contributed by atoms with van der Waals surface area (Å²) < 4.78 is 28.2. The first-order valence-corrected chi connectivity index (χ1v) is 11.7. The minimum atomic E-state index is -3.74. The number of benzene rings is 2. The van der Waals surface area contributed by atoms with Gasteiger partial charge in [-0.25, -0.2) is 8.42 Å². The smallest absolute Gasteiger partial charge is 0.243 e. The first-order valence-electron chi connectivity index (χ1n) is 10.3. The maximum Gasteiger partial charge on any atom is 0.243 e. The lowest BCUT2D eigenvalue weighted by molar-refractivity contribution is -0.122. The van der Waals surface area contributed by atoms with Crippen molar-refractivity contribution >= 4 is 15.9 Å². The molecule has 3 rings (SSSR count). The average Bonchev–Trinajstić information content (AvgIpc) is 2.73. The molecule has 2 aromatic carbocycles. The summed E-state index contributed by atoms with van der Waals surface area (Å²) >= 11 is 0. The van der Waals surface area contributed by atoms with E-state index in [1.165, 1.54) is 4.31 Å². The maximum atomic E-state index is 13.4. The first kappa shape index (κ1) is 21.5. The van der Waals surface area contributed by atoms with Crippen LogP contribution in [0, 0.1) is 6.92 Å². The van der Waals surface area contributed by atoms with Gasteiger partial charge in [-0.05, 0) is 44.4 Å². The highest BCUT2D eigenvalue weighted by molar-refractivity contribution is 7.89. The van der Waals surface area contributed by atoms with Gasteiger partial charge in [-0.3, -0.25) is 4.79 Å². The van der Waals surface area contributed by atoms with Gasteiger partial charge >= 0.3 is 0 Å². The van der Waals surface area contributed by atoms with Gasteiger partial charge in [0.1, 0.15) is 0 Å². The molecule has 1 aliphatic rings. The molecule has 0 heterocycles. The Morgan fingerprint density at radius 1 is 1.03 bits per heavy atom. The summed E-state index contributed by atoms with van der Waals surface area (Å²) in [6, 6.07) is 16.2. The van der Waals surface area contributed by atoms with Crippen LogP contribution in [0.15, 0.2) is 59.5 Å². The van der Waals surface area contributed by atoms with Crippen LogP contribution in [0.5, 0.6) is 0 Å². The first-order chi connectivity index (χ1) is 13.9. The molecule has 0 aromatic heterocycles. The Labute approximate surface area is 174 Å². The number of hydrogen-bond donors (Lipinski definition) is 1. The molecule has 0 saturated heterocycles. The van der Waals surface area contributed by atoms with Crippen LogP contribution in [0.4, 0.5) is 0 Å². The third-order valence-corrected chi connectivity index (χ3v) is 7.50. The number of rotatable bonds is 7. The molecule has 0 radical (unpaired) electrons. The van der Waals surface area contributed by atoms with Crippen LogP contribution >= 0.6 is 0 Å².